The SMILES string of the molecule is CN(C)C(=O)c1ccc(N)cc1N1CCCC(C)(O)CC1. The average molecular weight is 291 g/mol. The van der Waals surface area contributed by atoms with Crippen molar-refractivity contribution < 1.29 is 9.90 Å². The van der Waals surface area contributed by atoms with Crippen LogP contribution in [0.5, 0.6) is 0 Å². The van der Waals surface area contributed by atoms with Crippen LogP contribution in [0, 0.1) is 0 Å². The molecule has 1 fully saturated rings. The molecule has 116 valence electrons. The lowest BCUT2D eigenvalue weighted by Gasteiger charge is -2.27. The van der Waals surface area contributed by atoms with E-state index < -0.39 is 5.60 Å². The molecule has 1 aliphatic rings. The van der Waals surface area contributed by atoms with Crippen LogP contribution in [0.3, 0.4) is 0 Å². The fourth-order valence-electron chi connectivity index (χ4n) is 2.74. The molecule has 5 nitrogen and oxygen atoms in total. The number of aliphatic hydroxyl groups is 1. The smallest absolute Gasteiger partial charge is 0.255 e. The summed E-state index contributed by atoms with van der Waals surface area (Å²) in [5, 5.41) is 10.2. The number of nitrogen functional groups attached to an aromatic ring is 1. The van der Waals surface area contributed by atoms with Gasteiger partial charge in [0.15, 0.2) is 0 Å². The van der Waals surface area contributed by atoms with Gasteiger partial charge in [0.2, 0.25) is 0 Å². The maximum absolute atomic E-state index is 12.3. The Bertz CT molecular complexity index is 526. The first-order valence-corrected chi connectivity index (χ1v) is 7.39. The first-order chi connectivity index (χ1) is 9.80. The molecule has 1 atom stereocenters. The minimum absolute atomic E-state index is 0.0268. The lowest BCUT2D eigenvalue weighted by molar-refractivity contribution is 0.0481. The molecule has 0 spiro atoms. The van der Waals surface area contributed by atoms with Crippen LogP contribution in [0.25, 0.3) is 0 Å². The Balaban J connectivity index is 2.33. The third-order valence-corrected chi connectivity index (χ3v) is 4.06. The summed E-state index contributed by atoms with van der Waals surface area (Å²) >= 11 is 0. The van der Waals surface area contributed by atoms with E-state index in [9.17, 15) is 9.90 Å². The maximum atomic E-state index is 12.3. The van der Waals surface area contributed by atoms with Crippen molar-refractivity contribution in [1.82, 2.24) is 4.90 Å². The molecule has 1 amide bonds. The van der Waals surface area contributed by atoms with Gasteiger partial charge in [0, 0.05) is 32.9 Å². The number of carbonyl (C=O) groups excluding carboxylic acids is 1. The first-order valence-electron chi connectivity index (χ1n) is 7.39. The van der Waals surface area contributed by atoms with Gasteiger partial charge in [-0.05, 0) is 44.4 Å². The van der Waals surface area contributed by atoms with Crippen molar-refractivity contribution in [1.29, 1.82) is 0 Å². The molecular formula is C16H25N3O2. The third-order valence-electron chi connectivity index (χ3n) is 4.06. The van der Waals surface area contributed by atoms with Gasteiger partial charge in [-0.25, -0.2) is 0 Å². The molecule has 1 unspecified atom stereocenters. The van der Waals surface area contributed by atoms with Gasteiger partial charge in [-0.1, -0.05) is 0 Å². The second kappa shape index (κ2) is 5.93. The van der Waals surface area contributed by atoms with Gasteiger partial charge in [-0.15, -0.1) is 0 Å². The van der Waals surface area contributed by atoms with Gasteiger partial charge < -0.3 is 20.6 Å². The monoisotopic (exact) mass is 291 g/mol. The zero-order chi connectivity index (χ0) is 15.6. The fourth-order valence-corrected chi connectivity index (χ4v) is 2.74. The molecule has 21 heavy (non-hydrogen) atoms. The summed E-state index contributed by atoms with van der Waals surface area (Å²) in [5.41, 5.74) is 7.46. The minimum atomic E-state index is -0.624. The van der Waals surface area contributed by atoms with Crippen LogP contribution >= 0.6 is 0 Å². The van der Waals surface area contributed by atoms with E-state index in [1.165, 1.54) is 0 Å². The van der Waals surface area contributed by atoms with E-state index >= 15 is 0 Å². The summed E-state index contributed by atoms with van der Waals surface area (Å²) in [6.07, 6.45) is 2.37. The Morgan fingerprint density at radius 2 is 2.05 bits per heavy atom. The van der Waals surface area contributed by atoms with Gasteiger partial charge in [-0.3, -0.25) is 4.79 Å². The van der Waals surface area contributed by atoms with Crippen LogP contribution in [0.1, 0.15) is 36.5 Å². The van der Waals surface area contributed by atoms with E-state index in [1.54, 1.807) is 31.1 Å². The molecule has 1 saturated heterocycles. The van der Waals surface area contributed by atoms with E-state index in [1.807, 2.05) is 13.0 Å². The van der Waals surface area contributed by atoms with Crippen LogP contribution in [-0.4, -0.2) is 48.7 Å². The van der Waals surface area contributed by atoms with Gasteiger partial charge >= 0.3 is 0 Å². The van der Waals surface area contributed by atoms with Crippen molar-refractivity contribution >= 4 is 17.3 Å². The van der Waals surface area contributed by atoms with Crippen LogP contribution in [0.2, 0.25) is 0 Å². The highest BCUT2D eigenvalue weighted by atomic mass is 16.3. The van der Waals surface area contributed by atoms with Crippen molar-refractivity contribution in [2.75, 3.05) is 37.8 Å². The predicted molar refractivity (Wildman–Crippen MR) is 85.6 cm³/mol. The number of hydrogen-bond donors (Lipinski definition) is 2. The highest BCUT2D eigenvalue weighted by molar-refractivity contribution is 6.00. The summed E-state index contributed by atoms with van der Waals surface area (Å²) in [6, 6.07) is 5.40. The Morgan fingerprint density at radius 1 is 1.33 bits per heavy atom. The molecule has 0 bridgehead atoms. The first kappa shape index (κ1) is 15.6. The number of rotatable bonds is 2. The summed E-state index contributed by atoms with van der Waals surface area (Å²) in [4.78, 5) is 16.1. The summed E-state index contributed by atoms with van der Waals surface area (Å²) in [5.74, 6) is -0.0268. The van der Waals surface area contributed by atoms with Crippen LogP contribution < -0.4 is 10.6 Å². The fraction of sp³-hybridized carbons (Fsp3) is 0.562. The van der Waals surface area contributed by atoms with Crippen molar-refractivity contribution in [3.63, 3.8) is 0 Å². The number of amides is 1. The third kappa shape index (κ3) is 3.67. The standard InChI is InChI=1S/C16H25N3O2/c1-16(21)7-4-9-19(10-8-16)14-11-12(17)5-6-13(14)15(20)18(2)3/h5-6,11,21H,4,7-10,17H2,1-3H3. The largest absolute Gasteiger partial charge is 0.399 e. The normalized spacial score (nSPS) is 22.8. The topological polar surface area (TPSA) is 69.8 Å². The number of hydrogen-bond acceptors (Lipinski definition) is 4. The number of nitrogens with two attached hydrogens (primary N) is 1. The highest BCUT2D eigenvalue weighted by Gasteiger charge is 2.27. The molecular weight excluding hydrogens is 266 g/mol. The van der Waals surface area contributed by atoms with Gasteiger partial charge in [0.1, 0.15) is 0 Å². The van der Waals surface area contributed by atoms with Crippen LogP contribution in [0.15, 0.2) is 18.2 Å². The molecule has 1 aliphatic heterocycles. The van der Waals surface area contributed by atoms with Gasteiger partial charge in [-0.2, -0.15) is 0 Å². The van der Waals surface area contributed by atoms with E-state index in [4.69, 9.17) is 5.73 Å². The van der Waals surface area contributed by atoms with E-state index in [2.05, 4.69) is 4.90 Å². The van der Waals surface area contributed by atoms with E-state index in [-0.39, 0.29) is 5.91 Å². The second-order valence-corrected chi connectivity index (χ2v) is 6.31. The summed E-state index contributed by atoms with van der Waals surface area (Å²) in [6.45, 7) is 3.43. The molecule has 0 radical (unpaired) electrons. The maximum Gasteiger partial charge on any atom is 0.255 e. The van der Waals surface area contributed by atoms with Crippen LogP contribution in [-0.2, 0) is 0 Å². The molecule has 5 heteroatoms. The Labute approximate surface area is 126 Å². The molecule has 1 heterocycles. The second-order valence-electron chi connectivity index (χ2n) is 6.31. The van der Waals surface area contributed by atoms with Gasteiger partial charge in [0.05, 0.1) is 16.9 Å². The molecule has 0 aliphatic carbocycles. The molecule has 1 aromatic rings. The minimum Gasteiger partial charge on any atom is -0.399 e. The molecule has 1 aromatic carbocycles. The molecule has 2 rings (SSSR count). The number of benzene rings is 1. The predicted octanol–water partition coefficient (Wildman–Crippen LogP) is 1.71. The van der Waals surface area contributed by atoms with Crippen LogP contribution in [0.4, 0.5) is 11.4 Å². The van der Waals surface area contributed by atoms with Crippen molar-refractivity contribution in [2.24, 2.45) is 0 Å². The number of carbonyl (C=O) groups is 1. The Hall–Kier alpha value is -1.75. The number of anilines is 2. The number of nitrogens with zero attached hydrogens (tertiary/aromatic N) is 2. The lowest BCUT2D eigenvalue weighted by Crippen LogP contribution is -2.31. The van der Waals surface area contributed by atoms with E-state index in [0.29, 0.717) is 17.7 Å². The van der Waals surface area contributed by atoms with E-state index in [0.717, 1.165) is 31.6 Å². The Kier molecular flexibility index (Phi) is 4.42. The summed E-state index contributed by atoms with van der Waals surface area (Å²) in [7, 11) is 3.49. The van der Waals surface area contributed by atoms with Gasteiger partial charge in [0.25, 0.3) is 5.91 Å². The quantitative estimate of drug-likeness (QED) is 0.814. The zero-order valence-electron chi connectivity index (χ0n) is 13.1. The van der Waals surface area contributed by atoms with Crippen molar-refractivity contribution in [2.45, 2.75) is 31.8 Å². The molecule has 0 saturated carbocycles. The molecule has 3 N–H and O–H groups in total. The average Bonchev–Trinajstić information content (AvgIpc) is 2.58. The van der Waals surface area contributed by atoms with Crippen molar-refractivity contribution in [3.05, 3.63) is 23.8 Å². The summed E-state index contributed by atoms with van der Waals surface area (Å²) < 4.78 is 0. The zero-order valence-corrected chi connectivity index (χ0v) is 13.1. The van der Waals surface area contributed by atoms with Crippen molar-refractivity contribution in [3.8, 4) is 0 Å². The highest BCUT2D eigenvalue weighted by Crippen LogP contribution is 2.29. The lowest BCUT2D eigenvalue weighted by atomic mass is 9.98. The molecule has 0 aromatic heterocycles. The Morgan fingerprint density at radius 3 is 2.71 bits per heavy atom.